The highest BCUT2D eigenvalue weighted by atomic mass is 16.4. The minimum Gasteiger partial charge on any atom is -0.481 e. The van der Waals surface area contributed by atoms with Gasteiger partial charge < -0.3 is 31.3 Å². The van der Waals surface area contributed by atoms with Gasteiger partial charge in [-0.3, -0.25) is 28.8 Å². The Morgan fingerprint density at radius 2 is 1.00 bits per heavy atom. The monoisotopic (exact) mass is 417 g/mol. The van der Waals surface area contributed by atoms with Crippen LogP contribution >= 0.6 is 0 Å². The quantitative estimate of drug-likeness (QED) is 0.187. The van der Waals surface area contributed by atoms with Crippen LogP contribution in [0.4, 0.5) is 0 Å². The van der Waals surface area contributed by atoms with E-state index in [9.17, 15) is 28.8 Å². The summed E-state index contributed by atoms with van der Waals surface area (Å²) < 4.78 is 0. The van der Waals surface area contributed by atoms with E-state index in [0.717, 1.165) is 0 Å². The number of rotatable bonds is 15. The summed E-state index contributed by atoms with van der Waals surface area (Å²) in [5.41, 5.74) is 0. The van der Waals surface area contributed by atoms with Gasteiger partial charge in [0, 0.05) is 19.3 Å². The predicted molar refractivity (Wildman–Crippen MR) is 98.0 cm³/mol. The van der Waals surface area contributed by atoms with Gasteiger partial charge in [0.2, 0.25) is 11.8 Å². The third-order valence-electron chi connectivity index (χ3n) is 4.05. The average molecular weight is 417 g/mol. The maximum atomic E-state index is 12.5. The predicted octanol–water partition coefficient (Wildman–Crippen LogP) is -1.27. The van der Waals surface area contributed by atoms with E-state index in [-0.39, 0.29) is 32.1 Å². The molecule has 0 aliphatic heterocycles. The number of amides is 2. The summed E-state index contributed by atoms with van der Waals surface area (Å²) in [5.74, 6) is -5.50. The molecule has 12 heteroatoms. The van der Waals surface area contributed by atoms with Crippen LogP contribution in [0.25, 0.3) is 0 Å². The minimum absolute atomic E-state index is 0.0559. The van der Waals surface area contributed by atoms with E-state index in [2.05, 4.69) is 16.0 Å². The van der Waals surface area contributed by atoms with Crippen molar-refractivity contribution in [2.45, 2.75) is 63.6 Å². The first kappa shape index (κ1) is 26.0. The van der Waals surface area contributed by atoms with E-state index in [1.165, 1.54) is 14.0 Å². The van der Waals surface area contributed by atoms with Crippen LogP contribution < -0.4 is 16.0 Å². The van der Waals surface area contributed by atoms with Crippen LogP contribution in [0.3, 0.4) is 0 Å². The fraction of sp³-hybridized carbons (Fsp3) is 0.647. The normalized spacial score (nSPS) is 13.6. The van der Waals surface area contributed by atoms with Crippen molar-refractivity contribution in [3.05, 3.63) is 0 Å². The van der Waals surface area contributed by atoms with Crippen molar-refractivity contribution in [1.29, 1.82) is 0 Å². The van der Waals surface area contributed by atoms with Gasteiger partial charge in [0.05, 0.1) is 12.1 Å². The molecule has 0 radical (unpaired) electrons. The minimum atomic E-state index is -1.30. The summed E-state index contributed by atoms with van der Waals surface area (Å²) in [5, 5.41) is 33.6. The summed E-state index contributed by atoms with van der Waals surface area (Å²) >= 11 is 0. The number of carbonyl (C=O) groups is 6. The van der Waals surface area contributed by atoms with E-state index in [0.29, 0.717) is 0 Å². The number of aliphatic carboxylic acids is 3. The Bertz CT molecular complexity index is 636. The van der Waals surface area contributed by atoms with Gasteiger partial charge in [0.15, 0.2) is 5.78 Å². The van der Waals surface area contributed by atoms with Gasteiger partial charge in [0.1, 0.15) is 6.04 Å². The van der Waals surface area contributed by atoms with Crippen LogP contribution in [-0.2, 0) is 28.8 Å². The van der Waals surface area contributed by atoms with Gasteiger partial charge in [-0.1, -0.05) is 0 Å². The second-order valence-electron chi connectivity index (χ2n) is 6.37. The SMILES string of the molecule is CNC(CCC(=O)O)C(=O)NC(CCC(=O)O)C(=O)NC(CCC(=O)O)C(C)=O. The molecule has 3 atom stereocenters. The summed E-state index contributed by atoms with van der Waals surface area (Å²) in [6, 6.07) is -3.33. The van der Waals surface area contributed by atoms with E-state index in [1.807, 2.05) is 0 Å². The Morgan fingerprint density at radius 3 is 1.38 bits per heavy atom. The third-order valence-corrected chi connectivity index (χ3v) is 4.05. The first-order valence-electron chi connectivity index (χ1n) is 8.91. The van der Waals surface area contributed by atoms with Crippen molar-refractivity contribution in [1.82, 2.24) is 16.0 Å². The van der Waals surface area contributed by atoms with Crippen molar-refractivity contribution in [2.75, 3.05) is 7.05 Å². The second-order valence-corrected chi connectivity index (χ2v) is 6.37. The van der Waals surface area contributed by atoms with E-state index >= 15 is 0 Å². The van der Waals surface area contributed by atoms with E-state index < -0.39 is 60.1 Å². The number of carboxylic acid groups (broad SMARTS) is 3. The molecular weight excluding hydrogens is 390 g/mol. The Kier molecular flexibility index (Phi) is 11.8. The van der Waals surface area contributed by atoms with Gasteiger partial charge in [-0.05, 0) is 33.2 Å². The number of likely N-dealkylation sites (N-methyl/N-ethyl adjacent to an activating group) is 1. The molecule has 0 aromatic carbocycles. The molecule has 0 saturated carbocycles. The molecule has 164 valence electrons. The van der Waals surface area contributed by atoms with Crippen molar-refractivity contribution in [3.8, 4) is 0 Å². The molecule has 0 fully saturated rings. The summed E-state index contributed by atoms with van der Waals surface area (Å²) in [7, 11) is 1.43. The molecule has 0 aliphatic rings. The molecule has 3 unspecified atom stereocenters. The molecule has 0 aromatic heterocycles. The van der Waals surface area contributed by atoms with E-state index in [1.54, 1.807) is 0 Å². The molecule has 12 nitrogen and oxygen atoms in total. The molecule has 0 rings (SSSR count). The lowest BCUT2D eigenvalue weighted by Gasteiger charge is -2.24. The van der Waals surface area contributed by atoms with Gasteiger partial charge in [-0.25, -0.2) is 0 Å². The molecule has 0 spiro atoms. The summed E-state index contributed by atoms with van der Waals surface area (Å²) in [6.07, 6.45) is -1.60. The highest BCUT2D eigenvalue weighted by Gasteiger charge is 2.28. The zero-order valence-corrected chi connectivity index (χ0v) is 16.3. The first-order chi connectivity index (χ1) is 13.5. The molecule has 0 saturated heterocycles. The molecule has 0 aliphatic carbocycles. The maximum Gasteiger partial charge on any atom is 0.303 e. The zero-order chi connectivity index (χ0) is 22.6. The number of hydrogen-bond donors (Lipinski definition) is 6. The van der Waals surface area contributed by atoms with Crippen LogP contribution in [0.5, 0.6) is 0 Å². The lowest BCUT2D eigenvalue weighted by Crippen LogP contribution is -2.54. The van der Waals surface area contributed by atoms with Crippen molar-refractivity contribution in [3.63, 3.8) is 0 Å². The van der Waals surface area contributed by atoms with Crippen LogP contribution in [0.2, 0.25) is 0 Å². The van der Waals surface area contributed by atoms with Crippen LogP contribution in [-0.4, -0.2) is 76.0 Å². The first-order valence-corrected chi connectivity index (χ1v) is 8.91. The van der Waals surface area contributed by atoms with Gasteiger partial charge in [-0.15, -0.1) is 0 Å². The lowest BCUT2D eigenvalue weighted by molar-refractivity contribution is -0.139. The topological polar surface area (TPSA) is 199 Å². The van der Waals surface area contributed by atoms with Crippen molar-refractivity contribution >= 4 is 35.5 Å². The molecule has 29 heavy (non-hydrogen) atoms. The van der Waals surface area contributed by atoms with Gasteiger partial charge in [0.25, 0.3) is 0 Å². The van der Waals surface area contributed by atoms with Crippen molar-refractivity contribution < 1.29 is 44.1 Å². The Morgan fingerprint density at radius 1 is 0.655 bits per heavy atom. The number of ketones is 1. The summed E-state index contributed by atoms with van der Waals surface area (Å²) in [4.78, 5) is 68.7. The number of carboxylic acids is 3. The Labute approximate surface area is 167 Å². The standard InChI is InChI=1S/C17H27N3O9/c1-9(21)10(3-6-13(22)23)19-17(29)12(5-8-15(26)27)20-16(28)11(18-2)4-7-14(24)25/h10-12,18H,3-8H2,1-2H3,(H,19,29)(H,20,28)(H,22,23)(H,24,25)(H,26,27). The number of hydrogen-bond acceptors (Lipinski definition) is 7. The van der Waals surface area contributed by atoms with Crippen LogP contribution in [0, 0.1) is 0 Å². The molecule has 0 bridgehead atoms. The largest absolute Gasteiger partial charge is 0.481 e. The van der Waals surface area contributed by atoms with Crippen LogP contribution in [0.15, 0.2) is 0 Å². The zero-order valence-electron chi connectivity index (χ0n) is 16.3. The molecular formula is C17H27N3O9. The Hall–Kier alpha value is -3.02. The fourth-order valence-corrected chi connectivity index (χ4v) is 2.40. The molecule has 0 heterocycles. The molecule has 2 amide bonds. The number of nitrogens with one attached hydrogen (secondary N) is 3. The lowest BCUT2D eigenvalue weighted by atomic mass is 10.0. The van der Waals surface area contributed by atoms with Crippen molar-refractivity contribution in [2.24, 2.45) is 0 Å². The second kappa shape index (κ2) is 13.2. The maximum absolute atomic E-state index is 12.5. The summed E-state index contributed by atoms with van der Waals surface area (Å²) in [6.45, 7) is 1.17. The average Bonchev–Trinajstić information content (AvgIpc) is 2.61. The highest BCUT2D eigenvalue weighted by Crippen LogP contribution is 2.05. The molecule has 0 aromatic rings. The molecule has 6 N–H and O–H groups in total. The van der Waals surface area contributed by atoms with Gasteiger partial charge in [-0.2, -0.15) is 0 Å². The number of carbonyl (C=O) groups excluding carboxylic acids is 3. The Balaban J connectivity index is 5.20. The smallest absolute Gasteiger partial charge is 0.303 e. The van der Waals surface area contributed by atoms with Crippen LogP contribution in [0.1, 0.15) is 45.4 Å². The highest BCUT2D eigenvalue weighted by molar-refractivity contribution is 5.93. The third kappa shape index (κ3) is 11.4. The fourth-order valence-electron chi connectivity index (χ4n) is 2.40. The van der Waals surface area contributed by atoms with E-state index in [4.69, 9.17) is 15.3 Å². The van der Waals surface area contributed by atoms with Gasteiger partial charge >= 0.3 is 17.9 Å². The number of Topliss-reactive ketones (excluding diaryl/α,β-unsaturated/α-hetero) is 1.